The van der Waals surface area contributed by atoms with Crippen LogP contribution in [-0.2, 0) is 9.59 Å². The minimum atomic E-state index is -0.461. The Labute approximate surface area is 141 Å². The maximum absolute atomic E-state index is 12.6. The number of para-hydroxylation sites is 2. The lowest BCUT2D eigenvalue weighted by atomic mass is 10.2. The predicted molar refractivity (Wildman–Crippen MR) is 93.6 cm³/mol. The summed E-state index contributed by atoms with van der Waals surface area (Å²) in [5.74, 6) is 1.49. The van der Waals surface area contributed by atoms with Gasteiger partial charge in [0.25, 0.3) is 5.91 Å². The number of amides is 2. The van der Waals surface area contributed by atoms with Crippen LogP contribution in [0.4, 0.5) is 5.69 Å². The third-order valence-corrected chi connectivity index (χ3v) is 4.67. The van der Waals surface area contributed by atoms with Gasteiger partial charge in [0.05, 0.1) is 18.7 Å². The third kappa shape index (κ3) is 4.07. The summed E-state index contributed by atoms with van der Waals surface area (Å²) < 4.78 is 5.24. The topological polar surface area (TPSA) is 58.6 Å². The fourth-order valence-corrected chi connectivity index (χ4v) is 3.60. The third-order valence-electron chi connectivity index (χ3n) is 3.66. The SMILES string of the molecule is CC/C=C(/C)C(=O)N1CSC[C@H]1C(=O)Nc1ccccc1OC. The monoisotopic (exact) mass is 334 g/mol. The van der Waals surface area contributed by atoms with E-state index < -0.39 is 6.04 Å². The second kappa shape index (κ2) is 8.06. The van der Waals surface area contributed by atoms with E-state index in [0.717, 1.165) is 6.42 Å². The zero-order valence-corrected chi connectivity index (χ0v) is 14.5. The second-order valence-electron chi connectivity index (χ2n) is 5.28. The molecule has 1 aliphatic rings. The van der Waals surface area contributed by atoms with Crippen LogP contribution >= 0.6 is 11.8 Å². The van der Waals surface area contributed by atoms with E-state index in [1.54, 1.807) is 42.8 Å². The number of carbonyl (C=O) groups is 2. The van der Waals surface area contributed by atoms with Crippen molar-refractivity contribution in [2.24, 2.45) is 0 Å². The summed E-state index contributed by atoms with van der Waals surface area (Å²) in [7, 11) is 1.56. The Morgan fingerprint density at radius 2 is 2.17 bits per heavy atom. The van der Waals surface area contributed by atoms with Gasteiger partial charge in [-0.1, -0.05) is 25.1 Å². The van der Waals surface area contributed by atoms with Gasteiger partial charge in [-0.2, -0.15) is 0 Å². The molecule has 6 heteroatoms. The number of rotatable bonds is 5. The maximum Gasteiger partial charge on any atom is 0.250 e. The summed E-state index contributed by atoms with van der Waals surface area (Å²) in [6.45, 7) is 3.78. The van der Waals surface area contributed by atoms with Crippen LogP contribution in [-0.4, -0.2) is 41.5 Å². The molecule has 2 rings (SSSR count). The largest absolute Gasteiger partial charge is 0.495 e. The molecule has 0 radical (unpaired) electrons. The normalized spacial score (nSPS) is 18.0. The number of nitrogens with one attached hydrogen (secondary N) is 1. The Morgan fingerprint density at radius 3 is 2.87 bits per heavy atom. The predicted octanol–water partition coefficient (Wildman–Crippen LogP) is 2.89. The number of ether oxygens (including phenoxy) is 1. The van der Waals surface area contributed by atoms with Crippen molar-refractivity contribution >= 4 is 29.3 Å². The van der Waals surface area contributed by atoms with Crippen LogP contribution in [0.2, 0.25) is 0 Å². The molecule has 0 aliphatic carbocycles. The molecule has 0 saturated carbocycles. The van der Waals surface area contributed by atoms with E-state index in [1.165, 1.54) is 0 Å². The molecule has 0 aromatic heterocycles. The van der Waals surface area contributed by atoms with Gasteiger partial charge < -0.3 is 15.0 Å². The van der Waals surface area contributed by atoms with Crippen molar-refractivity contribution in [2.45, 2.75) is 26.3 Å². The average molecular weight is 334 g/mol. The van der Waals surface area contributed by atoms with Gasteiger partial charge >= 0.3 is 0 Å². The van der Waals surface area contributed by atoms with Crippen LogP contribution in [0.5, 0.6) is 5.75 Å². The summed E-state index contributed by atoms with van der Waals surface area (Å²) in [4.78, 5) is 26.7. The number of methoxy groups -OCH3 is 1. The zero-order chi connectivity index (χ0) is 16.8. The molecule has 2 amide bonds. The molecule has 1 aliphatic heterocycles. The highest BCUT2D eigenvalue weighted by molar-refractivity contribution is 7.99. The van der Waals surface area contributed by atoms with Crippen LogP contribution in [0.15, 0.2) is 35.9 Å². The van der Waals surface area contributed by atoms with E-state index >= 15 is 0 Å². The van der Waals surface area contributed by atoms with E-state index in [9.17, 15) is 9.59 Å². The van der Waals surface area contributed by atoms with E-state index in [1.807, 2.05) is 25.1 Å². The summed E-state index contributed by atoms with van der Waals surface area (Å²) in [6.07, 6.45) is 2.69. The highest BCUT2D eigenvalue weighted by atomic mass is 32.2. The molecular formula is C17H22N2O3S. The van der Waals surface area contributed by atoms with Gasteiger partial charge in [0.2, 0.25) is 5.91 Å². The first kappa shape index (κ1) is 17.4. The van der Waals surface area contributed by atoms with Gasteiger partial charge in [-0.05, 0) is 25.5 Å². The number of carbonyl (C=O) groups excluding carboxylic acids is 2. The Hall–Kier alpha value is -1.95. The van der Waals surface area contributed by atoms with E-state index in [-0.39, 0.29) is 11.8 Å². The summed E-state index contributed by atoms with van der Waals surface area (Å²) in [5.41, 5.74) is 1.30. The highest BCUT2D eigenvalue weighted by Gasteiger charge is 2.35. The van der Waals surface area contributed by atoms with Crippen molar-refractivity contribution < 1.29 is 14.3 Å². The van der Waals surface area contributed by atoms with Crippen LogP contribution in [0, 0.1) is 0 Å². The number of thioether (sulfide) groups is 1. The average Bonchev–Trinajstić information content (AvgIpc) is 3.04. The van der Waals surface area contributed by atoms with Gasteiger partial charge in [0.15, 0.2) is 0 Å². The van der Waals surface area contributed by atoms with Crippen molar-refractivity contribution in [1.82, 2.24) is 4.90 Å². The lowest BCUT2D eigenvalue weighted by molar-refractivity contribution is -0.133. The molecule has 1 aromatic carbocycles. The minimum Gasteiger partial charge on any atom is -0.495 e. The van der Waals surface area contributed by atoms with E-state index in [2.05, 4.69) is 5.32 Å². The number of hydrogen-bond donors (Lipinski definition) is 1. The number of benzene rings is 1. The smallest absolute Gasteiger partial charge is 0.250 e. The number of hydrogen-bond acceptors (Lipinski definition) is 4. The molecular weight excluding hydrogens is 312 g/mol. The molecule has 5 nitrogen and oxygen atoms in total. The lowest BCUT2D eigenvalue weighted by Crippen LogP contribution is -2.44. The minimum absolute atomic E-state index is 0.0722. The molecule has 23 heavy (non-hydrogen) atoms. The van der Waals surface area contributed by atoms with Crippen LogP contribution < -0.4 is 10.1 Å². The van der Waals surface area contributed by atoms with Crippen molar-refractivity contribution in [1.29, 1.82) is 0 Å². The molecule has 1 heterocycles. The molecule has 124 valence electrons. The summed E-state index contributed by atoms with van der Waals surface area (Å²) in [5, 5.41) is 2.87. The van der Waals surface area contributed by atoms with Gasteiger partial charge in [-0.25, -0.2) is 0 Å². The van der Waals surface area contributed by atoms with Gasteiger partial charge in [-0.3, -0.25) is 9.59 Å². The van der Waals surface area contributed by atoms with E-state index in [0.29, 0.717) is 28.6 Å². The first-order valence-corrected chi connectivity index (χ1v) is 8.73. The quantitative estimate of drug-likeness (QED) is 0.841. The maximum atomic E-state index is 12.6. The standard InChI is InChI=1S/C17H22N2O3S/c1-4-7-12(2)17(21)19-11-23-10-14(19)16(20)18-13-8-5-6-9-15(13)22-3/h5-9,14H,4,10-11H2,1-3H3,(H,18,20)/b12-7-/t14-/m0/s1. The van der Waals surface area contributed by atoms with Crippen LogP contribution in [0.1, 0.15) is 20.3 Å². The Morgan fingerprint density at radius 1 is 1.43 bits per heavy atom. The molecule has 0 bridgehead atoms. The zero-order valence-electron chi connectivity index (χ0n) is 13.7. The molecule has 0 spiro atoms. The number of nitrogens with zero attached hydrogens (tertiary/aromatic N) is 1. The van der Waals surface area contributed by atoms with Crippen molar-refractivity contribution in [3.8, 4) is 5.75 Å². The summed E-state index contributed by atoms with van der Waals surface area (Å²) in [6, 6.07) is 6.79. The second-order valence-corrected chi connectivity index (χ2v) is 6.28. The van der Waals surface area contributed by atoms with Gasteiger partial charge in [0, 0.05) is 11.3 Å². The molecule has 1 saturated heterocycles. The van der Waals surface area contributed by atoms with Crippen LogP contribution in [0.25, 0.3) is 0 Å². The molecule has 1 atom stereocenters. The first-order chi connectivity index (χ1) is 11.1. The highest BCUT2D eigenvalue weighted by Crippen LogP contribution is 2.27. The van der Waals surface area contributed by atoms with Crippen molar-refractivity contribution in [3.63, 3.8) is 0 Å². The van der Waals surface area contributed by atoms with Crippen LogP contribution in [0.3, 0.4) is 0 Å². The fraction of sp³-hybridized carbons (Fsp3) is 0.412. The molecule has 1 N–H and O–H groups in total. The van der Waals surface area contributed by atoms with Gasteiger partial charge in [0.1, 0.15) is 11.8 Å². The molecule has 0 unspecified atom stereocenters. The Kier molecular flexibility index (Phi) is 6.10. The lowest BCUT2D eigenvalue weighted by Gasteiger charge is -2.23. The van der Waals surface area contributed by atoms with Gasteiger partial charge in [-0.15, -0.1) is 11.8 Å². The Bertz CT molecular complexity index is 616. The Balaban J connectivity index is 2.12. The molecule has 1 aromatic rings. The van der Waals surface area contributed by atoms with Crippen molar-refractivity contribution in [3.05, 3.63) is 35.9 Å². The number of allylic oxidation sites excluding steroid dienone is 1. The van der Waals surface area contributed by atoms with E-state index in [4.69, 9.17) is 4.74 Å². The molecule has 1 fully saturated rings. The van der Waals surface area contributed by atoms with Crippen molar-refractivity contribution in [2.75, 3.05) is 24.1 Å². The fourth-order valence-electron chi connectivity index (χ4n) is 2.44. The first-order valence-electron chi connectivity index (χ1n) is 7.57. The summed E-state index contributed by atoms with van der Waals surface area (Å²) >= 11 is 1.59. The number of anilines is 1.